The molecule has 3 aliphatic rings. The fourth-order valence-electron chi connectivity index (χ4n) is 3.94. The smallest absolute Gasteiger partial charge is 0.410 e. The molecule has 7 heteroatoms. The van der Waals surface area contributed by atoms with Crippen molar-refractivity contribution in [3.8, 4) is 5.75 Å². The van der Waals surface area contributed by atoms with E-state index in [0.29, 0.717) is 6.54 Å². The van der Waals surface area contributed by atoms with Gasteiger partial charge in [0.05, 0.1) is 25.7 Å². The lowest BCUT2D eigenvalue weighted by molar-refractivity contribution is -0.0380. The van der Waals surface area contributed by atoms with Gasteiger partial charge in [0.1, 0.15) is 11.4 Å². The summed E-state index contributed by atoms with van der Waals surface area (Å²) in [4.78, 5) is 16.6. The highest BCUT2D eigenvalue weighted by Crippen LogP contribution is 2.35. The minimum atomic E-state index is -0.457. The van der Waals surface area contributed by atoms with E-state index in [1.165, 1.54) is 5.56 Å². The van der Waals surface area contributed by atoms with E-state index in [1.807, 2.05) is 54.7 Å². The summed E-state index contributed by atoms with van der Waals surface area (Å²) in [6.45, 7) is 8.03. The summed E-state index contributed by atoms with van der Waals surface area (Å²) in [5.74, 6) is 1.82. The van der Waals surface area contributed by atoms with Crippen LogP contribution < -0.4 is 9.64 Å². The van der Waals surface area contributed by atoms with Gasteiger partial charge in [-0.1, -0.05) is 12.1 Å². The minimum absolute atomic E-state index is 0.196. The number of methoxy groups -OCH3 is 1. The van der Waals surface area contributed by atoms with Crippen LogP contribution in [-0.2, 0) is 11.3 Å². The number of piperidine rings is 1. The third-order valence-electron chi connectivity index (χ3n) is 5.25. The van der Waals surface area contributed by atoms with Gasteiger partial charge >= 0.3 is 6.09 Å². The van der Waals surface area contributed by atoms with Gasteiger partial charge in [0.25, 0.3) is 0 Å². The number of amides is 1. The molecule has 1 aromatic heterocycles. The monoisotopic (exact) mass is 384 g/mol. The predicted octanol–water partition coefficient (Wildman–Crippen LogP) is 3.14. The van der Waals surface area contributed by atoms with Crippen molar-refractivity contribution in [3.63, 3.8) is 0 Å². The summed E-state index contributed by atoms with van der Waals surface area (Å²) in [6.07, 6.45) is 2.85. The molecule has 2 bridgehead atoms. The molecular weight excluding hydrogens is 356 g/mol. The second-order valence-electron chi connectivity index (χ2n) is 8.56. The van der Waals surface area contributed by atoms with Gasteiger partial charge in [-0.05, 0) is 44.9 Å². The van der Waals surface area contributed by atoms with Crippen LogP contribution >= 0.6 is 0 Å². The topological polar surface area (TPSA) is 59.8 Å². The summed E-state index contributed by atoms with van der Waals surface area (Å²) in [7, 11) is 1.67. The minimum Gasteiger partial charge on any atom is -0.497 e. The van der Waals surface area contributed by atoms with E-state index in [2.05, 4.69) is 17.0 Å². The number of hydrogen-bond donors (Lipinski definition) is 0. The SMILES string of the molecule is COc1ccc(Cn2ccc(N3CC4CC(C3)N4C(=O)OC(C)(C)C)n2)cc1. The van der Waals surface area contributed by atoms with Crippen molar-refractivity contribution < 1.29 is 14.3 Å². The predicted molar refractivity (Wildman–Crippen MR) is 107 cm³/mol. The maximum atomic E-state index is 12.4. The van der Waals surface area contributed by atoms with Gasteiger partial charge in [-0.2, -0.15) is 5.10 Å². The normalized spacial score (nSPS) is 21.3. The molecule has 0 spiro atoms. The maximum absolute atomic E-state index is 12.4. The maximum Gasteiger partial charge on any atom is 0.410 e. The molecule has 1 amide bonds. The highest BCUT2D eigenvalue weighted by atomic mass is 16.6. The number of carbonyl (C=O) groups excluding carboxylic acids is 1. The molecule has 28 heavy (non-hydrogen) atoms. The van der Waals surface area contributed by atoms with E-state index in [0.717, 1.165) is 31.1 Å². The fourth-order valence-corrected chi connectivity index (χ4v) is 3.94. The largest absolute Gasteiger partial charge is 0.497 e. The number of fused-ring (bicyclic) bond motifs is 2. The summed E-state index contributed by atoms with van der Waals surface area (Å²) in [5.41, 5.74) is 0.717. The Labute approximate surface area is 165 Å². The molecule has 5 rings (SSSR count). The molecule has 0 N–H and O–H groups in total. The van der Waals surface area contributed by atoms with Crippen LogP contribution in [0.15, 0.2) is 36.5 Å². The first kappa shape index (κ1) is 18.7. The molecule has 2 atom stereocenters. The first-order chi connectivity index (χ1) is 13.3. The van der Waals surface area contributed by atoms with Gasteiger partial charge in [0.2, 0.25) is 0 Å². The summed E-state index contributed by atoms with van der Waals surface area (Å²) >= 11 is 0. The van der Waals surface area contributed by atoms with E-state index >= 15 is 0 Å². The molecule has 0 aliphatic carbocycles. The van der Waals surface area contributed by atoms with Gasteiger partial charge in [-0.3, -0.25) is 9.58 Å². The standard InChI is InChI=1S/C21H28N4O3/c1-21(2,3)28-20(26)25-16-11-17(25)14-23(13-16)19-9-10-24(22-19)12-15-5-7-18(27-4)8-6-15/h5-10,16-17H,11-14H2,1-4H3. The van der Waals surface area contributed by atoms with E-state index in [-0.39, 0.29) is 18.2 Å². The number of aromatic nitrogens is 2. The molecule has 2 aromatic rings. The van der Waals surface area contributed by atoms with E-state index in [1.54, 1.807) is 7.11 Å². The van der Waals surface area contributed by atoms with Crippen LogP contribution in [0.5, 0.6) is 5.75 Å². The second-order valence-corrected chi connectivity index (χ2v) is 8.56. The third kappa shape index (κ3) is 3.79. The van der Waals surface area contributed by atoms with Crippen molar-refractivity contribution in [3.05, 3.63) is 42.1 Å². The van der Waals surface area contributed by atoms with Gasteiger partial charge in [-0.15, -0.1) is 0 Å². The van der Waals surface area contributed by atoms with Crippen molar-refractivity contribution in [2.24, 2.45) is 0 Å². The Balaban J connectivity index is 1.36. The van der Waals surface area contributed by atoms with Gasteiger partial charge in [0, 0.05) is 25.4 Å². The average molecular weight is 384 g/mol. The molecule has 1 aromatic carbocycles. The van der Waals surface area contributed by atoms with Crippen molar-refractivity contribution in [2.75, 3.05) is 25.1 Å². The molecule has 3 fully saturated rings. The molecule has 150 valence electrons. The quantitative estimate of drug-likeness (QED) is 0.811. The van der Waals surface area contributed by atoms with Crippen LogP contribution in [0.3, 0.4) is 0 Å². The lowest BCUT2D eigenvalue weighted by atomic mass is 9.88. The fraction of sp³-hybridized carbons (Fsp3) is 0.524. The molecule has 3 aliphatic heterocycles. The number of rotatable bonds is 4. The lowest BCUT2D eigenvalue weighted by Crippen LogP contribution is -2.70. The Morgan fingerprint density at radius 3 is 2.43 bits per heavy atom. The average Bonchev–Trinajstić information content (AvgIpc) is 3.09. The molecule has 7 nitrogen and oxygen atoms in total. The van der Waals surface area contributed by atoms with Gasteiger partial charge in [0.15, 0.2) is 5.82 Å². The van der Waals surface area contributed by atoms with E-state index in [4.69, 9.17) is 14.6 Å². The third-order valence-corrected chi connectivity index (χ3v) is 5.25. The number of anilines is 1. The highest BCUT2D eigenvalue weighted by molar-refractivity contribution is 5.71. The zero-order valence-corrected chi connectivity index (χ0v) is 17.0. The molecule has 0 radical (unpaired) electrons. The van der Waals surface area contributed by atoms with Gasteiger partial charge < -0.3 is 14.4 Å². The summed E-state index contributed by atoms with van der Waals surface area (Å²) in [6, 6.07) is 10.5. The van der Waals surface area contributed by atoms with E-state index < -0.39 is 5.60 Å². The number of piperazine rings is 1. The Hall–Kier alpha value is -2.70. The summed E-state index contributed by atoms with van der Waals surface area (Å²) < 4.78 is 12.7. The molecular formula is C21H28N4O3. The Morgan fingerprint density at radius 2 is 1.82 bits per heavy atom. The lowest BCUT2D eigenvalue weighted by Gasteiger charge is -2.55. The van der Waals surface area contributed by atoms with Gasteiger partial charge in [-0.25, -0.2) is 4.79 Å². The molecule has 0 saturated carbocycles. The van der Waals surface area contributed by atoms with Crippen molar-refractivity contribution in [2.45, 2.75) is 51.4 Å². The number of carbonyl (C=O) groups is 1. The molecule has 3 saturated heterocycles. The number of benzene rings is 1. The zero-order valence-electron chi connectivity index (χ0n) is 17.0. The number of hydrogen-bond acceptors (Lipinski definition) is 5. The Bertz CT molecular complexity index is 828. The molecule has 4 heterocycles. The highest BCUT2D eigenvalue weighted by Gasteiger charge is 2.49. The Morgan fingerprint density at radius 1 is 1.14 bits per heavy atom. The van der Waals surface area contributed by atoms with E-state index in [9.17, 15) is 4.79 Å². The first-order valence-corrected chi connectivity index (χ1v) is 9.75. The summed E-state index contributed by atoms with van der Waals surface area (Å²) in [5, 5.41) is 4.73. The molecule has 2 unspecified atom stereocenters. The van der Waals surface area contributed by atoms with Crippen LogP contribution in [0.1, 0.15) is 32.8 Å². The van der Waals surface area contributed by atoms with Crippen LogP contribution in [0.2, 0.25) is 0 Å². The number of nitrogens with zero attached hydrogens (tertiary/aromatic N) is 4. The second kappa shape index (κ2) is 7.04. The number of ether oxygens (including phenoxy) is 2. The van der Waals surface area contributed by atoms with Crippen LogP contribution in [0, 0.1) is 0 Å². The van der Waals surface area contributed by atoms with Crippen LogP contribution in [0.4, 0.5) is 10.6 Å². The van der Waals surface area contributed by atoms with Crippen molar-refractivity contribution in [1.29, 1.82) is 0 Å². The van der Waals surface area contributed by atoms with Crippen molar-refractivity contribution >= 4 is 11.9 Å². The Kier molecular flexibility index (Phi) is 4.69. The zero-order chi connectivity index (χ0) is 19.9. The van der Waals surface area contributed by atoms with Crippen molar-refractivity contribution in [1.82, 2.24) is 14.7 Å². The van der Waals surface area contributed by atoms with Crippen LogP contribution in [-0.4, -0.2) is 58.7 Å². The first-order valence-electron chi connectivity index (χ1n) is 9.75. The van der Waals surface area contributed by atoms with Crippen LogP contribution in [0.25, 0.3) is 0 Å².